The quantitative estimate of drug-likeness (QED) is 0.433. The number of thiazole rings is 1. The normalized spacial score (nSPS) is 16.1. The first-order valence-electron chi connectivity index (χ1n) is 12.0. The average Bonchev–Trinajstić information content (AvgIpc) is 3.30. The molecule has 34 heavy (non-hydrogen) atoms. The monoisotopic (exact) mass is 485 g/mol. The summed E-state index contributed by atoms with van der Waals surface area (Å²) in [7, 11) is 0. The van der Waals surface area contributed by atoms with Gasteiger partial charge in [-0.25, -0.2) is 4.98 Å². The van der Waals surface area contributed by atoms with Crippen LogP contribution in [0.3, 0.4) is 0 Å². The fourth-order valence-electron chi connectivity index (χ4n) is 4.33. The molecule has 2 heterocycles. The predicted molar refractivity (Wildman–Crippen MR) is 135 cm³/mol. The number of amides is 1. The molecule has 0 saturated heterocycles. The number of carbonyl (C=O) groups is 2. The molecule has 7 nitrogen and oxygen atoms in total. The zero-order chi connectivity index (χ0) is 24.8. The number of aromatic nitrogens is 1. The molecule has 2 aromatic rings. The van der Waals surface area contributed by atoms with Crippen LogP contribution in [0.4, 0.5) is 0 Å². The topological polar surface area (TPSA) is 83.0 Å². The largest absolute Gasteiger partial charge is 0.503 e. The highest BCUT2D eigenvalue weighted by Gasteiger charge is 2.44. The van der Waals surface area contributed by atoms with Gasteiger partial charge in [0.05, 0.1) is 33.8 Å². The van der Waals surface area contributed by atoms with Gasteiger partial charge >= 0.3 is 0 Å². The number of aryl methyl sites for hydroxylation is 2. The van der Waals surface area contributed by atoms with Crippen LogP contribution in [0.25, 0.3) is 0 Å². The molecular weight excluding hydrogens is 450 g/mol. The molecule has 3 rings (SSSR count). The van der Waals surface area contributed by atoms with E-state index >= 15 is 0 Å². The van der Waals surface area contributed by atoms with E-state index in [1.54, 1.807) is 11.8 Å². The van der Waals surface area contributed by atoms with Gasteiger partial charge in [0.25, 0.3) is 5.91 Å². The summed E-state index contributed by atoms with van der Waals surface area (Å²) in [5, 5.41) is 11.7. The highest BCUT2D eigenvalue weighted by molar-refractivity contribution is 7.14. The second kappa shape index (κ2) is 11.6. The van der Waals surface area contributed by atoms with Crippen LogP contribution in [0, 0.1) is 13.8 Å². The molecule has 1 amide bonds. The summed E-state index contributed by atoms with van der Waals surface area (Å²) >= 11 is 1.29. The lowest BCUT2D eigenvalue weighted by Crippen LogP contribution is -2.34. The standard InChI is InChI=1S/C26H35N3O4S/c1-6-15-33-20-12-9-11-19(16-20)22-21(23(30)25-17(4)27-18(5)34-25)24(31)26(32)29(22)14-10-13-28(7-2)8-3/h9,11-12,16,22,31H,6-8,10,13-15H2,1-5H3. The van der Waals surface area contributed by atoms with Crippen LogP contribution in [0.15, 0.2) is 35.6 Å². The molecule has 1 atom stereocenters. The van der Waals surface area contributed by atoms with Crippen molar-refractivity contribution in [1.82, 2.24) is 14.8 Å². The summed E-state index contributed by atoms with van der Waals surface area (Å²) in [5.74, 6) is -0.641. The lowest BCUT2D eigenvalue weighted by Gasteiger charge is -2.28. The Kier molecular flexibility index (Phi) is 8.85. The maximum atomic E-state index is 13.6. The Balaban J connectivity index is 1.99. The number of aliphatic hydroxyl groups excluding tert-OH is 1. The molecule has 1 unspecified atom stereocenters. The number of aliphatic hydroxyl groups is 1. The molecule has 0 fully saturated rings. The molecule has 0 radical (unpaired) electrons. The van der Waals surface area contributed by atoms with E-state index in [9.17, 15) is 14.7 Å². The minimum atomic E-state index is -0.677. The Morgan fingerprint density at radius 2 is 1.97 bits per heavy atom. The van der Waals surface area contributed by atoms with Crippen LogP contribution >= 0.6 is 11.3 Å². The van der Waals surface area contributed by atoms with Crippen molar-refractivity contribution in [3.05, 3.63) is 56.7 Å². The molecule has 0 bridgehead atoms. The summed E-state index contributed by atoms with van der Waals surface area (Å²) < 4.78 is 5.81. The first-order chi connectivity index (χ1) is 16.3. The molecular formula is C26H35N3O4S. The lowest BCUT2D eigenvalue weighted by molar-refractivity contribution is -0.129. The molecule has 0 aliphatic carbocycles. The maximum absolute atomic E-state index is 13.6. The van der Waals surface area contributed by atoms with E-state index in [4.69, 9.17) is 4.74 Å². The number of hydrogen-bond donors (Lipinski definition) is 1. The van der Waals surface area contributed by atoms with Crippen molar-refractivity contribution in [2.75, 3.05) is 32.8 Å². The Labute approximate surface area is 206 Å². The van der Waals surface area contributed by atoms with Gasteiger partial charge in [-0.05, 0) is 64.0 Å². The van der Waals surface area contributed by atoms with Gasteiger partial charge in [0.2, 0.25) is 5.78 Å². The third kappa shape index (κ3) is 5.50. The van der Waals surface area contributed by atoms with Crippen LogP contribution in [0.1, 0.15) is 65.6 Å². The van der Waals surface area contributed by atoms with Gasteiger partial charge in [-0.2, -0.15) is 0 Å². The fourth-order valence-corrected chi connectivity index (χ4v) is 5.20. The predicted octanol–water partition coefficient (Wildman–Crippen LogP) is 4.86. The number of nitrogens with zero attached hydrogens (tertiary/aromatic N) is 3. The number of benzene rings is 1. The van der Waals surface area contributed by atoms with E-state index in [1.165, 1.54) is 11.3 Å². The molecule has 1 N–H and O–H groups in total. The smallest absolute Gasteiger partial charge is 0.290 e. The van der Waals surface area contributed by atoms with Crippen LogP contribution < -0.4 is 4.74 Å². The Bertz CT molecular complexity index is 1060. The number of ketones is 1. The van der Waals surface area contributed by atoms with Gasteiger partial charge in [-0.3, -0.25) is 9.59 Å². The van der Waals surface area contributed by atoms with Crippen molar-refractivity contribution in [3.63, 3.8) is 0 Å². The minimum Gasteiger partial charge on any atom is -0.503 e. The molecule has 1 aromatic heterocycles. The zero-order valence-electron chi connectivity index (χ0n) is 20.8. The second-order valence-corrected chi connectivity index (χ2v) is 9.64. The summed E-state index contributed by atoms with van der Waals surface area (Å²) in [5.41, 5.74) is 1.47. The highest BCUT2D eigenvalue weighted by atomic mass is 32.1. The molecule has 0 spiro atoms. The van der Waals surface area contributed by atoms with Crippen LogP contribution in [-0.4, -0.2) is 64.4 Å². The van der Waals surface area contributed by atoms with Crippen molar-refractivity contribution in [1.29, 1.82) is 0 Å². The number of hydrogen-bond acceptors (Lipinski definition) is 7. The summed E-state index contributed by atoms with van der Waals surface area (Å²) in [4.78, 5) is 35.6. The second-order valence-electron chi connectivity index (χ2n) is 8.44. The maximum Gasteiger partial charge on any atom is 0.290 e. The first-order valence-corrected chi connectivity index (χ1v) is 12.8. The SMILES string of the molecule is CCCOc1cccc(C2C(C(=O)c3sc(C)nc3C)=C(O)C(=O)N2CCCN(CC)CC)c1. The van der Waals surface area contributed by atoms with Crippen LogP contribution in [0.2, 0.25) is 0 Å². The van der Waals surface area contributed by atoms with Crippen molar-refractivity contribution >= 4 is 23.0 Å². The van der Waals surface area contributed by atoms with E-state index in [-0.39, 0.29) is 11.4 Å². The van der Waals surface area contributed by atoms with Crippen molar-refractivity contribution in [2.24, 2.45) is 0 Å². The third-order valence-corrected chi connectivity index (χ3v) is 7.14. The van der Waals surface area contributed by atoms with Crippen LogP contribution in [0.5, 0.6) is 5.75 Å². The Morgan fingerprint density at radius 1 is 1.24 bits per heavy atom. The van der Waals surface area contributed by atoms with Crippen molar-refractivity contribution < 1.29 is 19.4 Å². The van der Waals surface area contributed by atoms with E-state index in [0.29, 0.717) is 29.5 Å². The van der Waals surface area contributed by atoms with E-state index in [0.717, 1.165) is 43.0 Å². The van der Waals surface area contributed by atoms with Gasteiger partial charge in [0.15, 0.2) is 5.76 Å². The summed E-state index contributed by atoms with van der Waals surface area (Å²) in [6, 6.07) is 6.79. The molecule has 0 saturated carbocycles. The van der Waals surface area contributed by atoms with E-state index < -0.39 is 17.7 Å². The minimum absolute atomic E-state index is 0.118. The Morgan fingerprint density at radius 3 is 2.59 bits per heavy atom. The molecule has 1 aliphatic heterocycles. The van der Waals surface area contributed by atoms with E-state index in [1.807, 2.05) is 38.1 Å². The molecule has 8 heteroatoms. The number of ether oxygens (including phenoxy) is 1. The number of carbonyl (C=O) groups excluding carboxylic acids is 2. The molecule has 1 aromatic carbocycles. The number of Topliss-reactive ketones (excluding diaryl/α,β-unsaturated/α-hetero) is 1. The van der Waals surface area contributed by atoms with Gasteiger partial charge in [0, 0.05) is 6.54 Å². The summed E-state index contributed by atoms with van der Waals surface area (Å²) in [6.07, 6.45) is 1.61. The Hall–Kier alpha value is -2.71. The van der Waals surface area contributed by atoms with Crippen molar-refractivity contribution in [2.45, 2.75) is 53.5 Å². The molecule has 184 valence electrons. The highest BCUT2D eigenvalue weighted by Crippen LogP contribution is 2.41. The lowest BCUT2D eigenvalue weighted by atomic mass is 9.95. The fraction of sp³-hybridized carbons (Fsp3) is 0.500. The van der Waals surface area contributed by atoms with Crippen LogP contribution in [-0.2, 0) is 4.79 Å². The van der Waals surface area contributed by atoms with Crippen molar-refractivity contribution in [3.8, 4) is 5.75 Å². The third-order valence-electron chi connectivity index (χ3n) is 6.07. The van der Waals surface area contributed by atoms with E-state index in [2.05, 4.69) is 23.7 Å². The van der Waals surface area contributed by atoms with Gasteiger partial charge in [0.1, 0.15) is 5.75 Å². The van der Waals surface area contributed by atoms with Gasteiger partial charge < -0.3 is 19.6 Å². The number of rotatable bonds is 12. The summed E-state index contributed by atoms with van der Waals surface area (Å²) in [6.45, 7) is 13.6. The van der Waals surface area contributed by atoms with Gasteiger partial charge in [-0.15, -0.1) is 11.3 Å². The first kappa shape index (κ1) is 25.9. The average molecular weight is 486 g/mol. The van der Waals surface area contributed by atoms with Gasteiger partial charge in [-0.1, -0.05) is 32.9 Å². The zero-order valence-corrected chi connectivity index (χ0v) is 21.6. The molecule has 1 aliphatic rings.